The lowest BCUT2D eigenvalue weighted by molar-refractivity contribution is -0.384. The number of nitrogens with zero attached hydrogens (tertiary/aromatic N) is 1. The summed E-state index contributed by atoms with van der Waals surface area (Å²) < 4.78 is 11.3. The van der Waals surface area contributed by atoms with Gasteiger partial charge in [0.05, 0.1) is 4.92 Å². The van der Waals surface area contributed by atoms with Crippen LogP contribution in [0.25, 0.3) is 6.08 Å². The fraction of sp³-hybridized carbons (Fsp3) is 0.0625. The van der Waals surface area contributed by atoms with Gasteiger partial charge in [-0.25, -0.2) is 0 Å². The van der Waals surface area contributed by atoms with Crippen LogP contribution in [-0.2, 0) is 15.6 Å². The number of rotatable bonds is 5. The van der Waals surface area contributed by atoms with Gasteiger partial charge in [-0.05, 0) is 35.9 Å². The zero-order chi connectivity index (χ0) is 16.8. The van der Waals surface area contributed by atoms with Crippen LogP contribution in [0.5, 0.6) is 0 Å². The third-order valence-corrected chi connectivity index (χ3v) is 3.90. The zero-order valence-electron chi connectivity index (χ0n) is 12.3. The first-order valence-electron chi connectivity index (χ1n) is 6.63. The Hall–Kier alpha value is -2.80. The second-order valence-corrected chi connectivity index (χ2v) is 6.03. The molecule has 0 saturated carbocycles. The maximum atomic E-state index is 11.8. The number of amides is 1. The van der Waals surface area contributed by atoms with Crippen molar-refractivity contribution in [2.45, 2.75) is 4.90 Å². The molecule has 0 spiro atoms. The summed E-state index contributed by atoms with van der Waals surface area (Å²) in [5, 5.41) is 13.3. The number of carbonyl (C=O) groups is 1. The number of carbonyl (C=O) groups excluding carboxylic acids is 1. The summed E-state index contributed by atoms with van der Waals surface area (Å²) in [6.45, 7) is 0. The molecular formula is C16H14N2O4S. The molecule has 0 aliphatic rings. The summed E-state index contributed by atoms with van der Waals surface area (Å²) >= 11 is 0. The Labute approximate surface area is 135 Å². The van der Waals surface area contributed by atoms with Crippen molar-refractivity contribution in [1.82, 2.24) is 0 Å². The summed E-state index contributed by atoms with van der Waals surface area (Å²) in [5.74, 6) is -0.359. The van der Waals surface area contributed by atoms with Crippen molar-refractivity contribution in [3.63, 3.8) is 0 Å². The Bertz CT molecular complexity index is 785. The van der Waals surface area contributed by atoms with Crippen LogP contribution in [0.15, 0.2) is 59.5 Å². The van der Waals surface area contributed by atoms with E-state index in [1.807, 2.05) is 0 Å². The second-order valence-electron chi connectivity index (χ2n) is 4.65. The Balaban J connectivity index is 2.02. The van der Waals surface area contributed by atoms with Crippen molar-refractivity contribution in [2.24, 2.45) is 0 Å². The number of anilines is 1. The molecule has 2 aromatic rings. The monoisotopic (exact) mass is 330 g/mol. The number of non-ortho nitro benzene ring substituents is 1. The van der Waals surface area contributed by atoms with Crippen LogP contribution in [0, 0.1) is 10.1 Å². The van der Waals surface area contributed by atoms with Crippen LogP contribution < -0.4 is 5.32 Å². The van der Waals surface area contributed by atoms with E-state index in [4.69, 9.17) is 0 Å². The van der Waals surface area contributed by atoms with E-state index in [1.54, 1.807) is 42.7 Å². The lowest BCUT2D eigenvalue weighted by Crippen LogP contribution is -2.07. The van der Waals surface area contributed by atoms with Crippen molar-refractivity contribution in [2.75, 3.05) is 11.6 Å². The van der Waals surface area contributed by atoms with E-state index in [2.05, 4.69) is 5.32 Å². The van der Waals surface area contributed by atoms with Gasteiger partial charge in [0.15, 0.2) is 0 Å². The van der Waals surface area contributed by atoms with E-state index < -0.39 is 15.7 Å². The smallest absolute Gasteiger partial charge is 0.270 e. The van der Waals surface area contributed by atoms with Crippen molar-refractivity contribution >= 4 is 34.2 Å². The van der Waals surface area contributed by atoms with Crippen molar-refractivity contribution < 1.29 is 13.9 Å². The van der Waals surface area contributed by atoms with Gasteiger partial charge in [0.1, 0.15) is 0 Å². The molecule has 7 heteroatoms. The van der Waals surface area contributed by atoms with E-state index in [0.717, 1.165) is 0 Å². The second kappa shape index (κ2) is 7.46. The molecule has 6 nitrogen and oxygen atoms in total. The van der Waals surface area contributed by atoms with Crippen LogP contribution in [0.1, 0.15) is 5.56 Å². The predicted molar refractivity (Wildman–Crippen MR) is 89.5 cm³/mol. The van der Waals surface area contributed by atoms with Crippen molar-refractivity contribution in [1.29, 1.82) is 0 Å². The Kier molecular flexibility index (Phi) is 5.37. The largest absolute Gasteiger partial charge is 0.323 e. The van der Waals surface area contributed by atoms with Crippen LogP contribution in [0.4, 0.5) is 11.4 Å². The number of nitro groups is 1. The fourth-order valence-corrected chi connectivity index (χ4v) is 2.35. The first-order chi connectivity index (χ1) is 11.0. The van der Waals surface area contributed by atoms with Gasteiger partial charge >= 0.3 is 0 Å². The lowest BCUT2D eigenvalue weighted by Gasteiger charge is -2.03. The van der Waals surface area contributed by atoms with E-state index >= 15 is 0 Å². The molecule has 1 amide bonds. The molecule has 0 aliphatic carbocycles. The van der Waals surface area contributed by atoms with Crippen LogP contribution in [0.2, 0.25) is 0 Å². The highest BCUT2D eigenvalue weighted by molar-refractivity contribution is 7.84. The average molecular weight is 330 g/mol. The van der Waals surface area contributed by atoms with Crippen LogP contribution in [0.3, 0.4) is 0 Å². The number of nitro benzene ring substituents is 1. The summed E-state index contributed by atoms with van der Waals surface area (Å²) in [4.78, 5) is 22.7. The number of nitrogens with one attached hydrogen (secondary N) is 1. The molecular weight excluding hydrogens is 316 g/mol. The minimum absolute atomic E-state index is 0.0317. The van der Waals surface area contributed by atoms with E-state index in [0.29, 0.717) is 16.1 Å². The SMILES string of the molecule is C[S@@](=O)c1ccc(NC(=O)/C=C\c2cccc([N+](=O)[O-])c2)cc1. The summed E-state index contributed by atoms with van der Waals surface area (Å²) in [6, 6.07) is 12.7. The molecule has 1 atom stereocenters. The minimum atomic E-state index is -1.07. The highest BCUT2D eigenvalue weighted by Crippen LogP contribution is 2.15. The standard InChI is InChI=1S/C16H14N2O4S/c1-23(22)15-8-6-13(7-9-15)17-16(19)10-5-12-3-2-4-14(11-12)18(20)21/h2-11H,1H3,(H,17,19)/b10-5-/t23-/m1/s1. The third kappa shape index (κ3) is 4.86. The molecule has 118 valence electrons. The molecule has 0 bridgehead atoms. The molecule has 0 saturated heterocycles. The molecule has 1 N–H and O–H groups in total. The summed E-state index contributed by atoms with van der Waals surface area (Å²) in [5.41, 5.74) is 1.11. The van der Waals surface area contributed by atoms with Gasteiger partial charge in [0.2, 0.25) is 5.91 Å². The van der Waals surface area contributed by atoms with Crippen molar-refractivity contribution in [3.8, 4) is 0 Å². The highest BCUT2D eigenvalue weighted by Gasteiger charge is 2.04. The zero-order valence-corrected chi connectivity index (χ0v) is 13.1. The Morgan fingerprint density at radius 2 is 1.91 bits per heavy atom. The van der Waals surface area contributed by atoms with Gasteiger partial charge in [-0.15, -0.1) is 0 Å². The molecule has 0 aliphatic heterocycles. The van der Waals surface area contributed by atoms with Gasteiger partial charge in [-0.1, -0.05) is 12.1 Å². The molecule has 2 rings (SSSR count). The fourth-order valence-electron chi connectivity index (χ4n) is 1.83. The van der Waals surface area contributed by atoms with Crippen LogP contribution in [-0.4, -0.2) is 21.3 Å². The molecule has 0 radical (unpaired) electrons. The molecule has 0 aromatic heterocycles. The maximum absolute atomic E-state index is 11.8. The van der Waals surface area contributed by atoms with Gasteiger partial charge < -0.3 is 5.32 Å². The minimum Gasteiger partial charge on any atom is -0.323 e. The molecule has 2 aromatic carbocycles. The maximum Gasteiger partial charge on any atom is 0.270 e. The molecule has 0 fully saturated rings. The first-order valence-corrected chi connectivity index (χ1v) is 8.18. The quantitative estimate of drug-likeness (QED) is 0.518. The number of hydrogen-bond donors (Lipinski definition) is 1. The van der Waals surface area contributed by atoms with Gasteiger partial charge in [-0.2, -0.15) is 0 Å². The first kappa shape index (κ1) is 16.6. The third-order valence-electron chi connectivity index (χ3n) is 2.96. The predicted octanol–water partition coefficient (Wildman–Crippen LogP) is 2.98. The topological polar surface area (TPSA) is 89.3 Å². The van der Waals surface area contributed by atoms with Crippen molar-refractivity contribution in [3.05, 3.63) is 70.3 Å². The molecule has 0 unspecified atom stereocenters. The Morgan fingerprint density at radius 1 is 1.22 bits per heavy atom. The van der Waals surface area contributed by atoms with Gasteiger partial charge in [-0.3, -0.25) is 19.1 Å². The van der Waals surface area contributed by atoms with E-state index in [1.165, 1.54) is 24.3 Å². The average Bonchev–Trinajstić information content (AvgIpc) is 2.53. The van der Waals surface area contributed by atoms with E-state index in [-0.39, 0.29) is 11.6 Å². The lowest BCUT2D eigenvalue weighted by atomic mass is 10.2. The van der Waals surface area contributed by atoms with Gasteiger partial charge in [0, 0.05) is 45.8 Å². The molecule has 0 heterocycles. The van der Waals surface area contributed by atoms with Gasteiger partial charge in [0.25, 0.3) is 5.69 Å². The number of benzene rings is 2. The molecule has 23 heavy (non-hydrogen) atoms. The Morgan fingerprint density at radius 3 is 2.52 bits per heavy atom. The normalized spacial score (nSPS) is 12.0. The van der Waals surface area contributed by atoms with E-state index in [9.17, 15) is 19.1 Å². The summed E-state index contributed by atoms with van der Waals surface area (Å²) in [6.07, 6.45) is 4.37. The number of hydrogen-bond acceptors (Lipinski definition) is 4. The van der Waals surface area contributed by atoms with Crippen LogP contribution >= 0.6 is 0 Å². The highest BCUT2D eigenvalue weighted by atomic mass is 32.2. The summed E-state index contributed by atoms with van der Waals surface area (Å²) in [7, 11) is -1.07.